The summed E-state index contributed by atoms with van der Waals surface area (Å²) in [6, 6.07) is 7.14. The number of amides is 1. The number of benzene rings is 1. The second-order valence-corrected chi connectivity index (χ2v) is 5.09. The average Bonchev–Trinajstić information content (AvgIpc) is 2.46. The quantitative estimate of drug-likeness (QED) is 0.922. The minimum Gasteiger partial charge on any atom is -0.370 e. The molecular weight excluding hydrogens is 264 g/mol. The van der Waals surface area contributed by atoms with Gasteiger partial charge in [0.05, 0.1) is 19.2 Å². The van der Waals surface area contributed by atoms with E-state index < -0.39 is 6.04 Å². The van der Waals surface area contributed by atoms with E-state index in [1.54, 1.807) is 4.90 Å². The molecule has 1 heterocycles. The Bertz CT molecular complexity index is 453. The Kier molecular flexibility index (Phi) is 4.80. The van der Waals surface area contributed by atoms with E-state index in [4.69, 9.17) is 22.1 Å². The van der Waals surface area contributed by atoms with Gasteiger partial charge in [0, 0.05) is 17.1 Å². The summed E-state index contributed by atoms with van der Waals surface area (Å²) in [5.41, 5.74) is 6.73. The molecule has 0 bridgehead atoms. The highest BCUT2D eigenvalue weighted by Gasteiger charge is 2.28. The van der Waals surface area contributed by atoms with Crippen LogP contribution < -0.4 is 5.73 Å². The van der Waals surface area contributed by atoms with Gasteiger partial charge in [-0.05, 0) is 12.5 Å². The van der Waals surface area contributed by atoms with Crippen LogP contribution in [0.4, 0.5) is 0 Å². The lowest BCUT2D eigenvalue weighted by Crippen LogP contribution is -2.49. The highest BCUT2D eigenvalue weighted by atomic mass is 35.5. The zero-order valence-electron chi connectivity index (χ0n) is 11.0. The molecule has 1 fully saturated rings. The molecule has 2 rings (SSSR count). The van der Waals surface area contributed by atoms with Crippen LogP contribution in [-0.4, -0.2) is 36.5 Å². The summed E-state index contributed by atoms with van der Waals surface area (Å²) in [6.45, 7) is 3.52. The van der Waals surface area contributed by atoms with Crippen molar-refractivity contribution in [3.63, 3.8) is 0 Å². The Hall–Kier alpha value is -1.10. The molecule has 0 spiro atoms. The smallest absolute Gasteiger partial charge is 0.239 e. The highest BCUT2D eigenvalue weighted by molar-refractivity contribution is 6.31. The first-order chi connectivity index (χ1) is 9.13. The average molecular weight is 283 g/mol. The molecule has 104 valence electrons. The molecule has 0 aliphatic carbocycles. The lowest BCUT2D eigenvalue weighted by atomic mass is 10.1. The molecule has 2 N–H and O–H groups in total. The SMILES string of the molecule is CCC(N)C(=O)N1CCOC(c2ccccc2Cl)C1. The Balaban J connectivity index is 2.09. The fourth-order valence-electron chi connectivity index (χ4n) is 2.18. The van der Waals surface area contributed by atoms with Crippen molar-refractivity contribution in [1.82, 2.24) is 4.90 Å². The molecule has 19 heavy (non-hydrogen) atoms. The number of morpholine rings is 1. The van der Waals surface area contributed by atoms with Crippen molar-refractivity contribution < 1.29 is 9.53 Å². The predicted molar refractivity (Wildman–Crippen MR) is 75.0 cm³/mol. The number of carbonyl (C=O) groups is 1. The largest absolute Gasteiger partial charge is 0.370 e. The van der Waals surface area contributed by atoms with Crippen LogP contribution in [0.15, 0.2) is 24.3 Å². The fraction of sp³-hybridized carbons (Fsp3) is 0.500. The number of rotatable bonds is 3. The van der Waals surface area contributed by atoms with Crippen molar-refractivity contribution in [2.24, 2.45) is 5.73 Å². The van der Waals surface area contributed by atoms with E-state index in [0.29, 0.717) is 31.1 Å². The second kappa shape index (κ2) is 6.37. The van der Waals surface area contributed by atoms with E-state index >= 15 is 0 Å². The first-order valence-electron chi connectivity index (χ1n) is 6.54. The van der Waals surface area contributed by atoms with E-state index in [9.17, 15) is 4.79 Å². The van der Waals surface area contributed by atoms with Crippen LogP contribution in [-0.2, 0) is 9.53 Å². The summed E-state index contributed by atoms with van der Waals surface area (Å²) in [5, 5.41) is 0.668. The van der Waals surface area contributed by atoms with Gasteiger partial charge in [0.1, 0.15) is 6.10 Å². The third kappa shape index (κ3) is 3.26. The highest BCUT2D eigenvalue weighted by Crippen LogP contribution is 2.28. The van der Waals surface area contributed by atoms with Gasteiger partial charge in [-0.3, -0.25) is 4.79 Å². The van der Waals surface area contributed by atoms with Gasteiger partial charge in [0.2, 0.25) is 5.91 Å². The number of nitrogens with two attached hydrogens (primary N) is 1. The zero-order chi connectivity index (χ0) is 13.8. The van der Waals surface area contributed by atoms with E-state index in [1.165, 1.54) is 0 Å². The predicted octanol–water partition coefficient (Wildman–Crippen LogP) is 1.98. The second-order valence-electron chi connectivity index (χ2n) is 4.68. The number of halogens is 1. The maximum Gasteiger partial charge on any atom is 0.239 e. The summed E-state index contributed by atoms with van der Waals surface area (Å²) >= 11 is 6.17. The number of carbonyl (C=O) groups excluding carboxylic acids is 1. The van der Waals surface area contributed by atoms with Gasteiger partial charge in [-0.1, -0.05) is 36.7 Å². The van der Waals surface area contributed by atoms with Crippen molar-refractivity contribution in [3.8, 4) is 0 Å². The van der Waals surface area contributed by atoms with E-state index in [-0.39, 0.29) is 12.0 Å². The normalized spacial score (nSPS) is 21.2. The Morgan fingerprint density at radius 1 is 1.58 bits per heavy atom. The molecule has 5 heteroatoms. The monoisotopic (exact) mass is 282 g/mol. The van der Waals surface area contributed by atoms with Gasteiger partial charge in [0.25, 0.3) is 0 Å². The number of hydrogen-bond acceptors (Lipinski definition) is 3. The molecule has 1 aromatic carbocycles. The van der Waals surface area contributed by atoms with Gasteiger partial charge in [-0.2, -0.15) is 0 Å². The molecule has 1 aromatic rings. The first-order valence-corrected chi connectivity index (χ1v) is 6.91. The molecular formula is C14H19ClN2O2. The summed E-state index contributed by atoms with van der Waals surface area (Å²) in [6.07, 6.45) is 0.475. The lowest BCUT2D eigenvalue weighted by molar-refractivity contribution is -0.140. The Morgan fingerprint density at radius 3 is 3.00 bits per heavy atom. The number of hydrogen-bond donors (Lipinski definition) is 1. The molecule has 2 unspecified atom stereocenters. The van der Waals surface area contributed by atoms with Crippen molar-refractivity contribution in [2.75, 3.05) is 19.7 Å². The molecule has 0 saturated carbocycles. The van der Waals surface area contributed by atoms with Crippen LogP contribution in [0, 0.1) is 0 Å². The van der Waals surface area contributed by atoms with Crippen molar-refractivity contribution in [3.05, 3.63) is 34.9 Å². The van der Waals surface area contributed by atoms with Gasteiger partial charge in [0.15, 0.2) is 0 Å². The van der Waals surface area contributed by atoms with Crippen LogP contribution in [0.3, 0.4) is 0 Å². The number of nitrogens with zero attached hydrogens (tertiary/aromatic N) is 1. The minimum absolute atomic E-state index is 0.0112. The number of ether oxygens (including phenoxy) is 1. The summed E-state index contributed by atoms with van der Waals surface area (Å²) < 4.78 is 5.72. The first kappa shape index (κ1) is 14.3. The molecule has 0 radical (unpaired) electrons. The Morgan fingerprint density at radius 2 is 2.32 bits per heavy atom. The van der Waals surface area contributed by atoms with Crippen LogP contribution in [0.2, 0.25) is 5.02 Å². The summed E-state index contributed by atoms with van der Waals surface area (Å²) in [7, 11) is 0. The van der Waals surface area contributed by atoms with Crippen molar-refractivity contribution in [2.45, 2.75) is 25.5 Å². The van der Waals surface area contributed by atoms with E-state index in [1.807, 2.05) is 31.2 Å². The van der Waals surface area contributed by atoms with Gasteiger partial charge in [-0.15, -0.1) is 0 Å². The Labute approximate surface area is 118 Å². The third-order valence-corrected chi connectivity index (χ3v) is 3.73. The van der Waals surface area contributed by atoms with Gasteiger partial charge in [-0.25, -0.2) is 0 Å². The van der Waals surface area contributed by atoms with E-state index in [2.05, 4.69) is 0 Å². The van der Waals surface area contributed by atoms with Gasteiger partial charge < -0.3 is 15.4 Å². The topological polar surface area (TPSA) is 55.6 Å². The van der Waals surface area contributed by atoms with Crippen LogP contribution in [0.5, 0.6) is 0 Å². The maximum absolute atomic E-state index is 12.1. The standard InChI is InChI=1S/C14H19ClN2O2/c1-2-12(16)14(18)17-7-8-19-13(9-17)10-5-3-4-6-11(10)15/h3-6,12-13H,2,7-9,16H2,1H3. The third-order valence-electron chi connectivity index (χ3n) is 3.39. The molecule has 2 atom stereocenters. The molecule has 1 amide bonds. The molecule has 1 aliphatic heterocycles. The van der Waals surface area contributed by atoms with Crippen molar-refractivity contribution >= 4 is 17.5 Å². The lowest BCUT2D eigenvalue weighted by Gasteiger charge is -2.34. The molecule has 1 aliphatic rings. The summed E-state index contributed by atoms with van der Waals surface area (Å²) in [4.78, 5) is 13.9. The molecule has 0 aromatic heterocycles. The van der Waals surface area contributed by atoms with Gasteiger partial charge >= 0.3 is 0 Å². The van der Waals surface area contributed by atoms with Crippen LogP contribution in [0.1, 0.15) is 25.0 Å². The molecule has 4 nitrogen and oxygen atoms in total. The van der Waals surface area contributed by atoms with Crippen LogP contribution in [0.25, 0.3) is 0 Å². The molecule has 1 saturated heterocycles. The zero-order valence-corrected chi connectivity index (χ0v) is 11.8. The van der Waals surface area contributed by atoms with Crippen molar-refractivity contribution in [1.29, 1.82) is 0 Å². The summed E-state index contributed by atoms with van der Waals surface area (Å²) in [5.74, 6) is -0.0112. The van der Waals surface area contributed by atoms with Crippen LogP contribution >= 0.6 is 11.6 Å². The van der Waals surface area contributed by atoms with E-state index in [0.717, 1.165) is 5.56 Å². The maximum atomic E-state index is 12.1. The minimum atomic E-state index is -0.426. The fourth-order valence-corrected chi connectivity index (χ4v) is 2.44.